The second kappa shape index (κ2) is 6.74. The lowest BCUT2D eigenvalue weighted by Crippen LogP contribution is -2.46. The standard InChI is InChI=1S/C14H25N3O3/c1-10(11-5-6-11)9-16-12(18)17(8-7-15)13(19)20-14(2,3)4/h9,11H,5-8,15H2,1-4H3,(H,16,18)/b10-9+. The first-order valence-electron chi connectivity index (χ1n) is 6.92. The van der Waals surface area contributed by atoms with Crippen LogP contribution in [0.5, 0.6) is 0 Å². The lowest BCUT2D eigenvalue weighted by Gasteiger charge is -2.25. The second-order valence-electron chi connectivity index (χ2n) is 6.03. The minimum absolute atomic E-state index is 0.122. The number of hydrogen-bond donors (Lipinski definition) is 2. The number of amides is 3. The van der Waals surface area contributed by atoms with Gasteiger partial charge < -0.3 is 15.8 Å². The van der Waals surface area contributed by atoms with Gasteiger partial charge in [0.15, 0.2) is 0 Å². The van der Waals surface area contributed by atoms with Crippen LogP contribution in [0.15, 0.2) is 11.8 Å². The number of urea groups is 1. The van der Waals surface area contributed by atoms with Gasteiger partial charge in [0.05, 0.1) is 0 Å². The van der Waals surface area contributed by atoms with Gasteiger partial charge in [0.25, 0.3) is 0 Å². The third-order valence-electron chi connectivity index (χ3n) is 2.86. The molecule has 3 amide bonds. The first kappa shape index (κ1) is 16.5. The predicted octanol–water partition coefficient (Wildman–Crippen LogP) is 2.21. The lowest BCUT2D eigenvalue weighted by molar-refractivity contribution is 0.0328. The Morgan fingerprint density at radius 3 is 2.45 bits per heavy atom. The fourth-order valence-electron chi connectivity index (χ4n) is 1.63. The molecule has 0 saturated heterocycles. The van der Waals surface area contributed by atoms with Gasteiger partial charge in [-0.3, -0.25) is 0 Å². The summed E-state index contributed by atoms with van der Waals surface area (Å²) >= 11 is 0. The van der Waals surface area contributed by atoms with Crippen molar-refractivity contribution < 1.29 is 14.3 Å². The van der Waals surface area contributed by atoms with Gasteiger partial charge in [-0.1, -0.05) is 5.57 Å². The third kappa shape index (κ3) is 5.61. The lowest BCUT2D eigenvalue weighted by atomic mass is 10.2. The topological polar surface area (TPSA) is 84.7 Å². The minimum Gasteiger partial charge on any atom is -0.443 e. The van der Waals surface area contributed by atoms with E-state index >= 15 is 0 Å². The molecule has 0 aliphatic heterocycles. The van der Waals surface area contributed by atoms with E-state index in [-0.39, 0.29) is 13.1 Å². The molecule has 1 aliphatic carbocycles. The fraction of sp³-hybridized carbons (Fsp3) is 0.714. The van der Waals surface area contributed by atoms with E-state index in [1.54, 1.807) is 27.0 Å². The van der Waals surface area contributed by atoms with Gasteiger partial charge in [0.1, 0.15) is 5.60 Å². The quantitative estimate of drug-likeness (QED) is 0.828. The number of hydrogen-bond acceptors (Lipinski definition) is 4. The number of nitrogens with two attached hydrogens (primary N) is 1. The van der Waals surface area contributed by atoms with E-state index in [9.17, 15) is 9.59 Å². The van der Waals surface area contributed by atoms with Crippen molar-refractivity contribution in [3.63, 3.8) is 0 Å². The monoisotopic (exact) mass is 283 g/mol. The van der Waals surface area contributed by atoms with Crippen LogP contribution in [0.2, 0.25) is 0 Å². The Hall–Kier alpha value is -1.56. The van der Waals surface area contributed by atoms with Crippen LogP contribution in [0.1, 0.15) is 40.5 Å². The summed E-state index contributed by atoms with van der Waals surface area (Å²) in [6.07, 6.45) is 3.31. The van der Waals surface area contributed by atoms with Crippen molar-refractivity contribution in [2.24, 2.45) is 11.7 Å². The van der Waals surface area contributed by atoms with Crippen molar-refractivity contribution in [2.75, 3.05) is 13.1 Å². The molecule has 0 spiro atoms. The molecule has 1 fully saturated rings. The highest BCUT2D eigenvalue weighted by Gasteiger charge is 2.27. The Bertz CT molecular complexity index is 395. The number of ether oxygens (including phenoxy) is 1. The van der Waals surface area contributed by atoms with E-state index in [1.807, 2.05) is 6.92 Å². The van der Waals surface area contributed by atoms with Crippen LogP contribution >= 0.6 is 0 Å². The first-order chi connectivity index (χ1) is 9.24. The molecule has 0 aromatic heterocycles. The Labute approximate surface area is 120 Å². The maximum absolute atomic E-state index is 12.0. The second-order valence-corrected chi connectivity index (χ2v) is 6.03. The van der Waals surface area contributed by atoms with Crippen molar-refractivity contribution in [2.45, 2.75) is 46.1 Å². The zero-order chi connectivity index (χ0) is 15.3. The molecule has 20 heavy (non-hydrogen) atoms. The Morgan fingerprint density at radius 1 is 1.40 bits per heavy atom. The maximum atomic E-state index is 12.0. The number of imide groups is 1. The molecular formula is C14H25N3O3. The van der Waals surface area contributed by atoms with E-state index in [4.69, 9.17) is 10.5 Å². The molecule has 0 bridgehead atoms. The molecule has 0 aromatic carbocycles. The number of carbonyl (C=O) groups is 2. The Morgan fingerprint density at radius 2 is 2.00 bits per heavy atom. The number of allylic oxidation sites excluding steroid dienone is 1. The van der Waals surface area contributed by atoms with Gasteiger partial charge in [-0.15, -0.1) is 0 Å². The van der Waals surface area contributed by atoms with Gasteiger partial charge in [-0.25, -0.2) is 14.5 Å². The summed E-state index contributed by atoms with van der Waals surface area (Å²) in [7, 11) is 0. The molecule has 3 N–H and O–H groups in total. The van der Waals surface area contributed by atoms with Crippen molar-refractivity contribution in [1.29, 1.82) is 0 Å². The van der Waals surface area contributed by atoms with Crippen LogP contribution in [0.4, 0.5) is 9.59 Å². The van der Waals surface area contributed by atoms with Crippen molar-refractivity contribution in [1.82, 2.24) is 10.2 Å². The fourth-order valence-corrected chi connectivity index (χ4v) is 1.63. The maximum Gasteiger partial charge on any atom is 0.418 e. The molecule has 6 heteroatoms. The van der Waals surface area contributed by atoms with Crippen molar-refractivity contribution in [3.8, 4) is 0 Å². The van der Waals surface area contributed by atoms with E-state index < -0.39 is 17.7 Å². The molecule has 0 heterocycles. The van der Waals surface area contributed by atoms with Gasteiger partial charge in [-0.05, 0) is 46.5 Å². The van der Waals surface area contributed by atoms with Crippen molar-refractivity contribution in [3.05, 3.63) is 11.8 Å². The highest BCUT2D eigenvalue weighted by Crippen LogP contribution is 2.35. The van der Waals surface area contributed by atoms with E-state index in [1.165, 1.54) is 0 Å². The van der Waals surface area contributed by atoms with Crippen LogP contribution in [-0.2, 0) is 4.74 Å². The minimum atomic E-state index is -0.682. The largest absolute Gasteiger partial charge is 0.443 e. The van der Waals surface area contributed by atoms with Crippen LogP contribution in [0.25, 0.3) is 0 Å². The highest BCUT2D eigenvalue weighted by atomic mass is 16.6. The first-order valence-corrected chi connectivity index (χ1v) is 6.92. The number of nitrogens with one attached hydrogen (secondary N) is 1. The summed E-state index contributed by atoms with van der Waals surface area (Å²) in [6.45, 7) is 7.54. The smallest absolute Gasteiger partial charge is 0.418 e. The summed E-state index contributed by atoms with van der Waals surface area (Å²) in [4.78, 5) is 25.0. The Balaban J connectivity index is 2.61. The summed E-state index contributed by atoms with van der Waals surface area (Å²) in [5, 5.41) is 2.62. The Kier molecular flexibility index (Phi) is 5.56. The molecule has 1 rings (SSSR count). The van der Waals surface area contributed by atoms with Gasteiger partial charge in [-0.2, -0.15) is 0 Å². The van der Waals surface area contributed by atoms with Gasteiger partial charge in [0.2, 0.25) is 0 Å². The number of rotatable bonds is 4. The molecule has 0 aromatic rings. The van der Waals surface area contributed by atoms with Gasteiger partial charge in [0, 0.05) is 19.3 Å². The summed E-state index contributed by atoms with van der Waals surface area (Å²) in [5.74, 6) is 0.569. The van der Waals surface area contributed by atoms with Crippen LogP contribution < -0.4 is 11.1 Å². The molecule has 0 atom stereocenters. The number of carbonyl (C=O) groups excluding carboxylic acids is 2. The van der Waals surface area contributed by atoms with Crippen LogP contribution in [0, 0.1) is 5.92 Å². The average molecular weight is 283 g/mol. The molecule has 6 nitrogen and oxygen atoms in total. The predicted molar refractivity (Wildman–Crippen MR) is 77.0 cm³/mol. The molecular weight excluding hydrogens is 258 g/mol. The van der Waals surface area contributed by atoms with E-state index in [0.29, 0.717) is 5.92 Å². The zero-order valence-electron chi connectivity index (χ0n) is 12.7. The molecule has 0 radical (unpaired) electrons. The van der Waals surface area contributed by atoms with E-state index in [0.717, 1.165) is 23.3 Å². The van der Waals surface area contributed by atoms with Crippen molar-refractivity contribution >= 4 is 12.1 Å². The third-order valence-corrected chi connectivity index (χ3v) is 2.86. The highest BCUT2D eigenvalue weighted by molar-refractivity contribution is 5.91. The average Bonchev–Trinajstić information content (AvgIpc) is 3.14. The van der Waals surface area contributed by atoms with Crippen LogP contribution in [0.3, 0.4) is 0 Å². The van der Waals surface area contributed by atoms with Crippen LogP contribution in [-0.4, -0.2) is 35.7 Å². The number of nitrogens with zero attached hydrogens (tertiary/aromatic N) is 1. The molecule has 0 unspecified atom stereocenters. The van der Waals surface area contributed by atoms with E-state index in [2.05, 4.69) is 5.32 Å². The summed E-state index contributed by atoms with van der Waals surface area (Å²) < 4.78 is 5.19. The molecule has 114 valence electrons. The summed E-state index contributed by atoms with van der Waals surface area (Å²) in [6, 6.07) is -0.510. The SMILES string of the molecule is C/C(=C\NC(=O)N(CCN)C(=O)OC(C)(C)C)C1CC1. The molecule has 1 aliphatic rings. The normalized spacial score (nSPS) is 15.8. The zero-order valence-corrected chi connectivity index (χ0v) is 12.7. The van der Waals surface area contributed by atoms with Gasteiger partial charge >= 0.3 is 12.1 Å². The summed E-state index contributed by atoms with van der Waals surface area (Å²) in [5.41, 5.74) is 5.91. The molecule has 1 saturated carbocycles.